The number of methoxy groups -OCH3 is 1. The Labute approximate surface area is 151 Å². The largest absolute Gasteiger partial charge is 0.495 e. The van der Waals surface area contributed by atoms with Gasteiger partial charge in [0.15, 0.2) is 0 Å². The summed E-state index contributed by atoms with van der Waals surface area (Å²) in [6.07, 6.45) is 1.66. The lowest BCUT2D eigenvalue weighted by Crippen LogP contribution is -2.25. The molecule has 0 spiro atoms. The Bertz CT molecular complexity index is 974. The van der Waals surface area contributed by atoms with E-state index in [0.717, 1.165) is 12.8 Å². The Morgan fingerprint density at radius 3 is 2.46 bits per heavy atom. The van der Waals surface area contributed by atoms with Gasteiger partial charge >= 0.3 is 0 Å². The molecule has 0 unspecified atom stereocenters. The number of benzene rings is 2. The average Bonchev–Trinajstić information content (AvgIpc) is 3.45. The Kier molecular flexibility index (Phi) is 4.93. The highest BCUT2D eigenvalue weighted by Crippen LogP contribution is 2.29. The second kappa shape index (κ2) is 7.15. The molecule has 2 aromatic carbocycles. The molecule has 0 aromatic heterocycles. The number of ether oxygens (including phenoxy) is 1. The molecule has 1 saturated carbocycles. The number of hydrogen-bond donors (Lipinski definition) is 2. The van der Waals surface area contributed by atoms with E-state index >= 15 is 0 Å². The lowest BCUT2D eigenvalue weighted by atomic mass is 10.1. The zero-order valence-electron chi connectivity index (χ0n) is 14.0. The maximum Gasteiger partial charge on any atom is 0.255 e. The van der Waals surface area contributed by atoms with E-state index in [9.17, 15) is 13.2 Å². The van der Waals surface area contributed by atoms with Crippen LogP contribution in [0, 0.1) is 11.3 Å². The zero-order valence-corrected chi connectivity index (χ0v) is 14.8. The summed E-state index contributed by atoms with van der Waals surface area (Å²) in [5, 5.41) is 11.5. The molecule has 1 amide bonds. The van der Waals surface area contributed by atoms with Crippen molar-refractivity contribution in [3.63, 3.8) is 0 Å². The number of nitrogens with one attached hydrogen (secondary N) is 2. The predicted octanol–water partition coefficient (Wildman–Crippen LogP) is 2.26. The molecule has 0 atom stereocenters. The van der Waals surface area contributed by atoms with E-state index in [2.05, 4.69) is 10.0 Å². The molecule has 1 aliphatic carbocycles. The third kappa shape index (κ3) is 4.02. The summed E-state index contributed by atoms with van der Waals surface area (Å²) < 4.78 is 32.5. The van der Waals surface area contributed by atoms with Gasteiger partial charge in [-0.25, -0.2) is 13.1 Å². The van der Waals surface area contributed by atoms with Crippen molar-refractivity contribution < 1.29 is 17.9 Å². The maximum absolute atomic E-state index is 12.4. The number of nitrogens with zero attached hydrogens (tertiary/aromatic N) is 1. The summed E-state index contributed by atoms with van der Waals surface area (Å²) in [7, 11) is -2.21. The number of nitriles is 1. The Morgan fingerprint density at radius 1 is 1.19 bits per heavy atom. The first-order chi connectivity index (χ1) is 12.4. The molecule has 1 fully saturated rings. The van der Waals surface area contributed by atoms with Crippen molar-refractivity contribution >= 4 is 21.6 Å². The minimum Gasteiger partial charge on any atom is -0.495 e. The van der Waals surface area contributed by atoms with Gasteiger partial charge in [0.05, 0.1) is 29.3 Å². The van der Waals surface area contributed by atoms with Gasteiger partial charge in [0.1, 0.15) is 5.75 Å². The third-order valence-electron chi connectivity index (χ3n) is 3.90. The van der Waals surface area contributed by atoms with Gasteiger partial charge < -0.3 is 10.1 Å². The van der Waals surface area contributed by atoms with Crippen LogP contribution in [-0.2, 0) is 10.0 Å². The fourth-order valence-electron chi connectivity index (χ4n) is 2.33. The van der Waals surface area contributed by atoms with Crippen LogP contribution in [0.1, 0.15) is 28.8 Å². The second-order valence-electron chi connectivity index (χ2n) is 5.90. The molecule has 3 rings (SSSR count). The second-order valence-corrected chi connectivity index (χ2v) is 7.61. The summed E-state index contributed by atoms with van der Waals surface area (Å²) in [6, 6.07) is 12.4. The summed E-state index contributed by atoms with van der Waals surface area (Å²) in [6.45, 7) is 0. The van der Waals surface area contributed by atoms with E-state index < -0.39 is 15.9 Å². The highest BCUT2D eigenvalue weighted by Gasteiger charge is 2.28. The van der Waals surface area contributed by atoms with Crippen LogP contribution in [0.15, 0.2) is 47.4 Å². The SMILES string of the molecule is COc1ccc(S(=O)(=O)NC2CC2)cc1NC(=O)c1ccc(C#N)cc1. The van der Waals surface area contributed by atoms with Gasteiger partial charge in [0, 0.05) is 11.6 Å². The van der Waals surface area contributed by atoms with Gasteiger partial charge in [-0.1, -0.05) is 0 Å². The number of hydrogen-bond acceptors (Lipinski definition) is 5. The molecule has 0 saturated heterocycles. The molecule has 0 aliphatic heterocycles. The number of amides is 1. The third-order valence-corrected chi connectivity index (χ3v) is 5.42. The first-order valence-corrected chi connectivity index (χ1v) is 9.43. The molecule has 7 nitrogen and oxygen atoms in total. The van der Waals surface area contributed by atoms with Gasteiger partial charge in [-0.15, -0.1) is 0 Å². The Hall–Kier alpha value is -2.89. The summed E-state index contributed by atoms with van der Waals surface area (Å²) in [4.78, 5) is 12.5. The lowest BCUT2D eigenvalue weighted by Gasteiger charge is -2.13. The van der Waals surface area contributed by atoms with E-state index in [-0.39, 0.29) is 16.6 Å². The number of carbonyl (C=O) groups excluding carboxylic acids is 1. The zero-order chi connectivity index (χ0) is 18.7. The molecule has 0 bridgehead atoms. The number of rotatable bonds is 6. The maximum atomic E-state index is 12.4. The van der Waals surface area contributed by atoms with E-state index in [1.165, 1.54) is 49.6 Å². The normalized spacial score (nSPS) is 13.7. The topological polar surface area (TPSA) is 108 Å². The monoisotopic (exact) mass is 371 g/mol. The average molecular weight is 371 g/mol. The van der Waals surface area contributed by atoms with E-state index in [1.807, 2.05) is 6.07 Å². The molecule has 2 N–H and O–H groups in total. The van der Waals surface area contributed by atoms with Crippen molar-refractivity contribution in [3.8, 4) is 11.8 Å². The standard InChI is InChI=1S/C18H17N3O4S/c1-25-17-9-8-15(26(23,24)21-14-6-7-14)10-16(17)20-18(22)13-4-2-12(11-19)3-5-13/h2-5,8-10,14,21H,6-7H2,1H3,(H,20,22). The van der Waals surface area contributed by atoms with Crippen LogP contribution in [0.2, 0.25) is 0 Å². The van der Waals surface area contributed by atoms with Crippen molar-refractivity contribution in [2.24, 2.45) is 0 Å². The molecule has 134 valence electrons. The van der Waals surface area contributed by atoms with Crippen molar-refractivity contribution in [1.82, 2.24) is 4.72 Å². The fourth-order valence-corrected chi connectivity index (χ4v) is 3.66. The molecule has 8 heteroatoms. The number of sulfonamides is 1. The highest BCUT2D eigenvalue weighted by molar-refractivity contribution is 7.89. The van der Waals surface area contributed by atoms with Crippen LogP contribution in [0.25, 0.3) is 0 Å². The molecular formula is C18H17N3O4S. The first kappa shape index (κ1) is 17.9. The van der Waals surface area contributed by atoms with Gasteiger partial charge in [0.25, 0.3) is 5.91 Å². The molecule has 0 radical (unpaired) electrons. The van der Waals surface area contributed by atoms with E-state index in [1.54, 1.807) is 0 Å². The Morgan fingerprint density at radius 2 is 1.88 bits per heavy atom. The summed E-state index contributed by atoms with van der Waals surface area (Å²) >= 11 is 0. The van der Waals surface area contributed by atoms with Gasteiger partial charge in [0.2, 0.25) is 10.0 Å². The van der Waals surface area contributed by atoms with Gasteiger partial charge in [-0.3, -0.25) is 4.79 Å². The van der Waals surface area contributed by atoms with Crippen molar-refractivity contribution in [1.29, 1.82) is 5.26 Å². The first-order valence-electron chi connectivity index (χ1n) is 7.95. The number of carbonyl (C=O) groups is 1. The summed E-state index contributed by atoms with van der Waals surface area (Å²) in [5.74, 6) is -0.0881. The van der Waals surface area contributed by atoms with Crippen molar-refractivity contribution in [2.75, 3.05) is 12.4 Å². The lowest BCUT2D eigenvalue weighted by molar-refractivity contribution is 0.102. The molecule has 0 heterocycles. The van der Waals surface area contributed by atoms with Crippen LogP contribution < -0.4 is 14.8 Å². The minimum absolute atomic E-state index is 0.0150. The van der Waals surface area contributed by atoms with Crippen molar-refractivity contribution in [2.45, 2.75) is 23.8 Å². The smallest absolute Gasteiger partial charge is 0.255 e. The van der Waals surface area contributed by atoms with Gasteiger partial charge in [-0.2, -0.15) is 5.26 Å². The predicted molar refractivity (Wildman–Crippen MR) is 95.4 cm³/mol. The van der Waals surface area contributed by atoms with Crippen molar-refractivity contribution in [3.05, 3.63) is 53.6 Å². The fraction of sp³-hybridized carbons (Fsp3) is 0.222. The molecule has 1 aliphatic rings. The molecular weight excluding hydrogens is 354 g/mol. The minimum atomic E-state index is -3.65. The molecule has 2 aromatic rings. The number of anilines is 1. The highest BCUT2D eigenvalue weighted by atomic mass is 32.2. The quantitative estimate of drug-likeness (QED) is 0.810. The van der Waals surface area contributed by atoms with E-state index in [0.29, 0.717) is 16.9 Å². The summed E-state index contributed by atoms with van der Waals surface area (Å²) in [5.41, 5.74) is 1.04. The molecule has 26 heavy (non-hydrogen) atoms. The van der Waals surface area contributed by atoms with Crippen LogP contribution in [0.5, 0.6) is 5.75 Å². The van der Waals surface area contributed by atoms with E-state index in [4.69, 9.17) is 10.00 Å². The van der Waals surface area contributed by atoms with Crippen LogP contribution in [-0.4, -0.2) is 27.5 Å². The van der Waals surface area contributed by atoms with Crippen LogP contribution in [0.4, 0.5) is 5.69 Å². The van der Waals surface area contributed by atoms with Gasteiger partial charge in [-0.05, 0) is 55.3 Å². The van der Waals surface area contributed by atoms with Crippen LogP contribution in [0.3, 0.4) is 0 Å². The van der Waals surface area contributed by atoms with Crippen LogP contribution >= 0.6 is 0 Å². The Balaban J connectivity index is 1.86.